The zero-order valence-electron chi connectivity index (χ0n) is 11.0. The second-order valence-electron chi connectivity index (χ2n) is 5.43. The van der Waals surface area contributed by atoms with Crippen LogP contribution in [0.5, 0.6) is 0 Å². The number of halogens is 5. The Morgan fingerprint density at radius 3 is 1.57 bits per heavy atom. The molecule has 3 aliphatic rings. The van der Waals surface area contributed by atoms with Gasteiger partial charge in [-0.1, -0.05) is 12.2 Å². The summed E-state index contributed by atoms with van der Waals surface area (Å²) in [5, 5.41) is 0. The summed E-state index contributed by atoms with van der Waals surface area (Å²) in [6.07, 6.45) is 1.57. The molecule has 0 aromatic heterocycles. The highest BCUT2D eigenvalue weighted by molar-refractivity contribution is 6.23. The second-order valence-corrected chi connectivity index (χ2v) is 5.43. The van der Waals surface area contributed by atoms with Crippen molar-refractivity contribution in [3.05, 3.63) is 41.2 Å². The number of hydrogen-bond donors (Lipinski definition) is 0. The Balaban J connectivity index is 1.88. The van der Waals surface area contributed by atoms with Gasteiger partial charge in [0.2, 0.25) is 17.6 Å². The van der Waals surface area contributed by atoms with E-state index in [1.54, 1.807) is 0 Å². The van der Waals surface area contributed by atoms with Crippen LogP contribution in [0.1, 0.15) is 0 Å². The number of carbonyl (C=O) groups is 2. The first-order valence-corrected chi connectivity index (χ1v) is 6.57. The Kier molecular flexibility index (Phi) is 2.72. The van der Waals surface area contributed by atoms with Crippen LogP contribution in [0.4, 0.5) is 27.6 Å². The average Bonchev–Trinajstić information content (AvgIpc) is 3.20. The van der Waals surface area contributed by atoms with Crippen molar-refractivity contribution in [2.75, 3.05) is 4.90 Å². The normalized spacial score (nSPS) is 31.4. The van der Waals surface area contributed by atoms with E-state index in [1.807, 2.05) is 0 Å². The number of amides is 2. The smallest absolute Gasteiger partial charge is 0.240 e. The number of carbonyl (C=O) groups excluding carboxylic acids is 2. The minimum atomic E-state index is -2.35. The first kappa shape index (κ1) is 14.3. The van der Waals surface area contributed by atoms with E-state index in [1.165, 1.54) is 12.2 Å². The molecule has 2 bridgehead atoms. The number of rotatable bonds is 1. The summed E-state index contributed by atoms with van der Waals surface area (Å²) >= 11 is 0. The SMILES string of the molecule is O=C1C2C3C=CC(O3)C2C(=O)N1c1c(F)c(F)c(F)c(F)c1F. The predicted octanol–water partition coefficient (Wildman–Crippen LogP) is 1.82. The third-order valence-electron chi connectivity index (χ3n) is 4.32. The molecule has 0 aliphatic carbocycles. The minimum Gasteiger partial charge on any atom is -0.365 e. The van der Waals surface area contributed by atoms with Crippen molar-refractivity contribution in [2.45, 2.75) is 12.2 Å². The van der Waals surface area contributed by atoms with E-state index >= 15 is 0 Å². The molecule has 120 valence electrons. The first-order chi connectivity index (χ1) is 10.8. The van der Waals surface area contributed by atoms with Crippen LogP contribution < -0.4 is 4.90 Å². The maximum absolute atomic E-state index is 13.9. The van der Waals surface area contributed by atoms with Gasteiger partial charge in [0.1, 0.15) is 5.69 Å². The van der Waals surface area contributed by atoms with Crippen molar-refractivity contribution in [3.8, 4) is 0 Å². The minimum absolute atomic E-state index is 0.0428. The van der Waals surface area contributed by atoms with Crippen molar-refractivity contribution in [1.29, 1.82) is 0 Å². The standard InChI is InChI=1S/C14H6F5NO3/c15-7-8(16)10(18)12(11(19)9(7)17)20-13(21)5-3-1-2-4(23-3)6(5)14(20)22/h1-6H. The van der Waals surface area contributed by atoms with Gasteiger partial charge in [0.05, 0.1) is 24.0 Å². The first-order valence-electron chi connectivity index (χ1n) is 6.57. The molecule has 0 N–H and O–H groups in total. The van der Waals surface area contributed by atoms with E-state index in [9.17, 15) is 31.5 Å². The van der Waals surface area contributed by atoms with E-state index in [4.69, 9.17) is 4.74 Å². The lowest BCUT2D eigenvalue weighted by Gasteiger charge is -2.19. The summed E-state index contributed by atoms with van der Waals surface area (Å²) in [5.41, 5.74) is -1.54. The topological polar surface area (TPSA) is 46.6 Å². The van der Waals surface area contributed by atoms with E-state index < -0.39 is 70.6 Å². The molecular weight excluding hydrogens is 325 g/mol. The molecule has 4 nitrogen and oxygen atoms in total. The molecule has 0 spiro atoms. The Morgan fingerprint density at radius 1 is 0.739 bits per heavy atom. The average molecular weight is 331 g/mol. The molecule has 3 aliphatic heterocycles. The van der Waals surface area contributed by atoms with Crippen LogP contribution in [0.3, 0.4) is 0 Å². The molecule has 2 saturated heterocycles. The van der Waals surface area contributed by atoms with Gasteiger partial charge in [-0.15, -0.1) is 0 Å². The molecule has 0 radical (unpaired) electrons. The van der Waals surface area contributed by atoms with Crippen molar-refractivity contribution >= 4 is 17.5 Å². The molecule has 2 fully saturated rings. The molecule has 1 aromatic rings. The summed E-state index contributed by atoms with van der Waals surface area (Å²) in [5.74, 6) is -15.3. The number of fused-ring (bicyclic) bond motifs is 5. The Labute approximate surface area is 125 Å². The number of nitrogens with zero attached hydrogens (tertiary/aromatic N) is 1. The van der Waals surface area contributed by atoms with Gasteiger partial charge >= 0.3 is 0 Å². The van der Waals surface area contributed by atoms with Gasteiger partial charge < -0.3 is 4.74 Å². The summed E-state index contributed by atoms with van der Waals surface area (Å²) < 4.78 is 72.8. The van der Waals surface area contributed by atoms with Gasteiger partial charge in [-0.05, 0) is 0 Å². The zero-order valence-corrected chi connectivity index (χ0v) is 11.0. The fourth-order valence-corrected chi connectivity index (χ4v) is 3.31. The molecular formula is C14H6F5NO3. The highest BCUT2D eigenvalue weighted by Gasteiger charge is 2.62. The molecule has 0 saturated carbocycles. The van der Waals surface area contributed by atoms with Crippen molar-refractivity contribution in [2.24, 2.45) is 11.8 Å². The van der Waals surface area contributed by atoms with E-state index in [0.717, 1.165) is 0 Å². The van der Waals surface area contributed by atoms with Crippen LogP contribution in [-0.2, 0) is 14.3 Å². The number of imide groups is 1. The van der Waals surface area contributed by atoms with Crippen LogP contribution in [-0.4, -0.2) is 24.0 Å². The fourth-order valence-electron chi connectivity index (χ4n) is 3.31. The highest BCUT2D eigenvalue weighted by Crippen LogP contribution is 2.47. The summed E-state index contributed by atoms with van der Waals surface area (Å²) in [6, 6.07) is 0. The summed E-state index contributed by atoms with van der Waals surface area (Å²) in [7, 11) is 0. The van der Waals surface area contributed by atoms with Gasteiger partial charge in [-0.3, -0.25) is 9.59 Å². The van der Waals surface area contributed by atoms with Crippen molar-refractivity contribution < 1.29 is 36.3 Å². The lowest BCUT2D eigenvalue weighted by atomic mass is 9.85. The molecule has 4 rings (SSSR count). The summed E-state index contributed by atoms with van der Waals surface area (Å²) in [4.78, 5) is 24.7. The molecule has 1 aromatic carbocycles. The van der Waals surface area contributed by atoms with Gasteiger partial charge in [-0.25, -0.2) is 26.9 Å². The lowest BCUT2D eigenvalue weighted by molar-refractivity contribution is -0.124. The molecule has 4 unspecified atom stereocenters. The van der Waals surface area contributed by atoms with Crippen LogP contribution >= 0.6 is 0 Å². The summed E-state index contributed by atoms with van der Waals surface area (Å²) in [6.45, 7) is 0. The highest BCUT2D eigenvalue weighted by atomic mass is 19.2. The number of anilines is 1. The third kappa shape index (κ3) is 1.57. The largest absolute Gasteiger partial charge is 0.365 e. The van der Waals surface area contributed by atoms with E-state index in [-0.39, 0.29) is 4.90 Å². The van der Waals surface area contributed by atoms with Gasteiger partial charge in [0, 0.05) is 0 Å². The van der Waals surface area contributed by atoms with Crippen molar-refractivity contribution in [3.63, 3.8) is 0 Å². The quantitative estimate of drug-likeness (QED) is 0.259. The third-order valence-corrected chi connectivity index (χ3v) is 4.32. The van der Waals surface area contributed by atoms with E-state index in [2.05, 4.69) is 0 Å². The Bertz CT molecular complexity index is 749. The molecule has 23 heavy (non-hydrogen) atoms. The van der Waals surface area contributed by atoms with Crippen LogP contribution in [0, 0.1) is 40.9 Å². The molecule has 9 heteroatoms. The van der Waals surface area contributed by atoms with Gasteiger partial charge in [0.15, 0.2) is 23.3 Å². The monoisotopic (exact) mass is 331 g/mol. The Morgan fingerprint density at radius 2 is 1.13 bits per heavy atom. The number of benzene rings is 1. The molecule has 4 atom stereocenters. The fraction of sp³-hybridized carbons (Fsp3) is 0.286. The molecule has 2 amide bonds. The maximum atomic E-state index is 13.9. The maximum Gasteiger partial charge on any atom is 0.240 e. The van der Waals surface area contributed by atoms with Gasteiger partial charge in [-0.2, -0.15) is 0 Å². The Hall–Kier alpha value is -2.29. The van der Waals surface area contributed by atoms with Gasteiger partial charge in [0.25, 0.3) is 0 Å². The van der Waals surface area contributed by atoms with Crippen LogP contribution in [0.15, 0.2) is 12.2 Å². The van der Waals surface area contributed by atoms with Crippen molar-refractivity contribution in [1.82, 2.24) is 0 Å². The second kappa shape index (κ2) is 4.38. The zero-order chi connectivity index (χ0) is 16.6. The predicted molar refractivity (Wildman–Crippen MR) is 63.5 cm³/mol. The van der Waals surface area contributed by atoms with Crippen LogP contribution in [0.2, 0.25) is 0 Å². The van der Waals surface area contributed by atoms with Crippen LogP contribution in [0.25, 0.3) is 0 Å². The molecule has 3 heterocycles. The lowest BCUT2D eigenvalue weighted by Crippen LogP contribution is -2.36. The van der Waals surface area contributed by atoms with E-state index in [0.29, 0.717) is 0 Å². The number of hydrogen-bond acceptors (Lipinski definition) is 3. The number of ether oxygens (including phenoxy) is 1.